The summed E-state index contributed by atoms with van der Waals surface area (Å²) in [6.07, 6.45) is 1.92. The lowest BCUT2D eigenvalue weighted by Gasteiger charge is -2.37. The summed E-state index contributed by atoms with van der Waals surface area (Å²) in [6, 6.07) is 8.63. The Hall–Kier alpha value is -1.59. The van der Waals surface area contributed by atoms with Gasteiger partial charge in [-0.05, 0) is 42.3 Å². The van der Waals surface area contributed by atoms with Crippen molar-refractivity contribution in [2.75, 3.05) is 76.3 Å². The fourth-order valence-electron chi connectivity index (χ4n) is 3.88. The van der Waals surface area contributed by atoms with E-state index in [9.17, 15) is 0 Å². The molecule has 7 nitrogen and oxygen atoms in total. The Bertz CT molecular complexity index is 797. The van der Waals surface area contributed by atoms with Crippen molar-refractivity contribution in [1.29, 1.82) is 0 Å². The van der Waals surface area contributed by atoms with Crippen molar-refractivity contribution in [2.24, 2.45) is 4.99 Å². The van der Waals surface area contributed by atoms with Gasteiger partial charge in [0.15, 0.2) is 5.96 Å². The van der Waals surface area contributed by atoms with E-state index in [-0.39, 0.29) is 24.0 Å². The minimum absolute atomic E-state index is 0. The van der Waals surface area contributed by atoms with Crippen LogP contribution in [0.4, 0.5) is 10.8 Å². The third-order valence-corrected chi connectivity index (χ3v) is 6.63. The molecule has 2 aromatic heterocycles. The fraction of sp³-hybridized carbons (Fsp3) is 0.524. The maximum absolute atomic E-state index is 4.59. The molecule has 0 unspecified atom stereocenters. The third-order valence-electron chi connectivity index (χ3n) is 5.70. The van der Waals surface area contributed by atoms with Gasteiger partial charge in [-0.25, -0.2) is 4.98 Å². The van der Waals surface area contributed by atoms with Gasteiger partial charge in [0, 0.05) is 72.1 Å². The van der Waals surface area contributed by atoms with Crippen LogP contribution in [0.1, 0.15) is 5.56 Å². The predicted molar refractivity (Wildman–Crippen MR) is 138 cm³/mol. The summed E-state index contributed by atoms with van der Waals surface area (Å²) < 4.78 is 0. The number of hydrogen-bond donors (Lipinski definition) is 1. The van der Waals surface area contributed by atoms with E-state index in [0.717, 1.165) is 70.7 Å². The lowest BCUT2D eigenvalue weighted by atomic mass is 10.2. The molecule has 0 amide bonds. The molecule has 0 radical (unpaired) electrons. The molecule has 30 heavy (non-hydrogen) atoms. The average molecular weight is 542 g/mol. The average Bonchev–Trinajstić information content (AvgIpc) is 3.30. The second kappa shape index (κ2) is 11.1. The number of likely N-dealkylation sites (N-methyl/N-ethyl adjacent to an activating group) is 1. The van der Waals surface area contributed by atoms with Crippen molar-refractivity contribution in [3.05, 3.63) is 41.4 Å². The molecule has 4 rings (SSSR count). The second-order valence-corrected chi connectivity index (χ2v) is 8.56. The van der Waals surface area contributed by atoms with Gasteiger partial charge in [-0.15, -0.1) is 35.3 Å². The SMILES string of the molecule is CN=C(NCc1ccnc(N2CCN(C)CC2)c1)N1CCN(c2cccs2)CC1.I. The minimum Gasteiger partial charge on any atom is -0.360 e. The standard InChI is InChI=1S/C21H31N7S.HI/c1-22-21(28-13-11-27(12-14-28)20-4-3-15-29-20)24-17-18-5-6-23-19(16-18)26-9-7-25(2)8-10-26;/h3-6,15-16H,7-14,17H2,1-2H3,(H,22,24);1H. The Morgan fingerprint density at radius 2 is 1.80 bits per heavy atom. The summed E-state index contributed by atoms with van der Waals surface area (Å²) in [5, 5.41) is 7.06. The van der Waals surface area contributed by atoms with Crippen molar-refractivity contribution in [1.82, 2.24) is 20.1 Å². The van der Waals surface area contributed by atoms with E-state index in [1.807, 2.05) is 24.6 Å². The van der Waals surface area contributed by atoms with Crippen LogP contribution in [0.5, 0.6) is 0 Å². The summed E-state index contributed by atoms with van der Waals surface area (Å²) in [5.41, 5.74) is 1.24. The molecule has 2 saturated heterocycles. The van der Waals surface area contributed by atoms with Gasteiger partial charge in [0.25, 0.3) is 0 Å². The smallest absolute Gasteiger partial charge is 0.194 e. The van der Waals surface area contributed by atoms with Gasteiger partial charge in [0.2, 0.25) is 0 Å². The van der Waals surface area contributed by atoms with E-state index in [4.69, 9.17) is 0 Å². The molecule has 0 aromatic carbocycles. The highest BCUT2D eigenvalue weighted by Crippen LogP contribution is 2.22. The van der Waals surface area contributed by atoms with E-state index in [2.05, 4.69) is 71.6 Å². The van der Waals surface area contributed by atoms with Crippen LogP contribution >= 0.6 is 35.3 Å². The molecular formula is C21H32IN7S. The Morgan fingerprint density at radius 1 is 1.07 bits per heavy atom. The number of nitrogens with one attached hydrogen (secondary N) is 1. The van der Waals surface area contributed by atoms with Crippen LogP contribution in [0.2, 0.25) is 0 Å². The van der Waals surface area contributed by atoms with Gasteiger partial charge in [-0.3, -0.25) is 4.99 Å². The van der Waals surface area contributed by atoms with Crippen molar-refractivity contribution in [3.8, 4) is 0 Å². The number of pyridine rings is 1. The molecule has 2 aliphatic heterocycles. The van der Waals surface area contributed by atoms with Gasteiger partial charge in [-0.1, -0.05) is 0 Å². The molecular weight excluding hydrogens is 509 g/mol. The van der Waals surface area contributed by atoms with Crippen molar-refractivity contribution >= 4 is 52.1 Å². The van der Waals surface area contributed by atoms with E-state index in [1.54, 1.807) is 0 Å². The van der Waals surface area contributed by atoms with Crippen molar-refractivity contribution in [2.45, 2.75) is 6.54 Å². The summed E-state index contributed by atoms with van der Waals surface area (Å²) in [6.45, 7) is 9.06. The molecule has 2 aliphatic rings. The quantitative estimate of drug-likeness (QED) is 0.365. The van der Waals surface area contributed by atoms with Crippen LogP contribution in [0.25, 0.3) is 0 Å². The van der Waals surface area contributed by atoms with Gasteiger partial charge >= 0.3 is 0 Å². The van der Waals surface area contributed by atoms with Crippen LogP contribution in [-0.2, 0) is 6.54 Å². The van der Waals surface area contributed by atoms with Crippen molar-refractivity contribution < 1.29 is 0 Å². The Balaban J connectivity index is 0.00000256. The lowest BCUT2D eigenvalue weighted by Crippen LogP contribution is -2.52. The zero-order chi connectivity index (χ0) is 20.1. The van der Waals surface area contributed by atoms with Crippen LogP contribution in [0.3, 0.4) is 0 Å². The molecule has 164 valence electrons. The van der Waals surface area contributed by atoms with Crippen molar-refractivity contribution in [3.63, 3.8) is 0 Å². The van der Waals surface area contributed by atoms with E-state index < -0.39 is 0 Å². The summed E-state index contributed by atoms with van der Waals surface area (Å²) in [5.74, 6) is 2.06. The maximum Gasteiger partial charge on any atom is 0.194 e. The number of rotatable bonds is 4. The molecule has 4 heterocycles. The first kappa shape index (κ1) is 23.1. The number of aliphatic imine (C=N–C) groups is 1. The monoisotopic (exact) mass is 541 g/mol. The lowest BCUT2D eigenvalue weighted by molar-refractivity contribution is 0.312. The molecule has 2 fully saturated rings. The number of nitrogens with zero attached hydrogens (tertiary/aromatic N) is 6. The number of guanidine groups is 1. The first-order chi connectivity index (χ1) is 14.2. The van der Waals surface area contributed by atoms with Gasteiger partial charge in [0.05, 0.1) is 5.00 Å². The van der Waals surface area contributed by atoms with Gasteiger partial charge < -0.3 is 24.9 Å². The number of thiophene rings is 1. The Kier molecular flexibility index (Phi) is 8.58. The van der Waals surface area contributed by atoms with Crippen LogP contribution < -0.4 is 15.1 Å². The summed E-state index contributed by atoms with van der Waals surface area (Å²) >= 11 is 1.81. The van der Waals surface area contributed by atoms with Crippen LogP contribution in [0.15, 0.2) is 40.8 Å². The predicted octanol–water partition coefficient (Wildman–Crippen LogP) is 2.41. The summed E-state index contributed by atoms with van der Waals surface area (Å²) in [7, 11) is 4.05. The van der Waals surface area contributed by atoms with E-state index in [0.29, 0.717) is 0 Å². The minimum atomic E-state index is 0. The first-order valence-electron chi connectivity index (χ1n) is 10.4. The second-order valence-electron chi connectivity index (χ2n) is 7.64. The highest BCUT2D eigenvalue weighted by atomic mass is 127. The number of piperazine rings is 2. The molecule has 2 aromatic rings. The molecule has 0 aliphatic carbocycles. The zero-order valence-electron chi connectivity index (χ0n) is 17.8. The molecule has 0 bridgehead atoms. The third kappa shape index (κ3) is 5.76. The topological polar surface area (TPSA) is 50.2 Å². The Labute approximate surface area is 200 Å². The normalized spacial score (nSPS) is 18.3. The van der Waals surface area contributed by atoms with E-state index in [1.165, 1.54) is 10.6 Å². The highest BCUT2D eigenvalue weighted by Gasteiger charge is 2.20. The fourth-order valence-corrected chi connectivity index (χ4v) is 4.67. The Morgan fingerprint density at radius 3 is 2.47 bits per heavy atom. The number of anilines is 2. The largest absolute Gasteiger partial charge is 0.360 e. The summed E-state index contributed by atoms with van der Waals surface area (Å²) in [4.78, 5) is 18.7. The van der Waals surface area contributed by atoms with Crippen LogP contribution in [-0.4, -0.2) is 87.2 Å². The maximum atomic E-state index is 4.59. The molecule has 0 spiro atoms. The van der Waals surface area contributed by atoms with Gasteiger partial charge in [0.1, 0.15) is 5.82 Å². The molecule has 1 N–H and O–H groups in total. The van der Waals surface area contributed by atoms with Gasteiger partial charge in [-0.2, -0.15) is 0 Å². The molecule has 0 atom stereocenters. The molecule has 9 heteroatoms. The molecule has 0 saturated carbocycles. The van der Waals surface area contributed by atoms with Crippen LogP contribution in [0, 0.1) is 0 Å². The number of hydrogen-bond acceptors (Lipinski definition) is 6. The van der Waals surface area contributed by atoms with E-state index >= 15 is 0 Å². The first-order valence-corrected chi connectivity index (χ1v) is 11.2. The number of aromatic nitrogens is 1. The number of halogens is 1. The highest BCUT2D eigenvalue weighted by molar-refractivity contribution is 14.0. The zero-order valence-corrected chi connectivity index (χ0v) is 21.0.